The summed E-state index contributed by atoms with van der Waals surface area (Å²) in [5.41, 5.74) is 0.516. The van der Waals surface area contributed by atoms with Crippen LogP contribution in [0.4, 0.5) is 13.2 Å². The van der Waals surface area contributed by atoms with Crippen LogP contribution in [-0.2, 0) is 0 Å². The number of carbonyl (C=O) groups is 1. The molecule has 0 saturated heterocycles. The van der Waals surface area contributed by atoms with Crippen molar-refractivity contribution in [2.45, 2.75) is 86.4 Å². The molecular weight excluding hydrogens is 401 g/mol. The molecule has 0 radical (unpaired) electrons. The Kier molecular flexibility index (Phi) is 12.1. The van der Waals surface area contributed by atoms with Crippen LogP contribution in [-0.4, -0.2) is 22.6 Å². The van der Waals surface area contributed by atoms with Crippen molar-refractivity contribution < 1.29 is 18.0 Å². The van der Waals surface area contributed by atoms with Crippen molar-refractivity contribution in [1.82, 2.24) is 10.3 Å². The number of hydrogen-bond acceptors (Lipinski definition) is 2. The molecule has 0 spiro atoms. The number of halogens is 3. The fourth-order valence-electron chi connectivity index (χ4n) is 3.31. The van der Waals surface area contributed by atoms with Gasteiger partial charge in [0, 0.05) is 6.20 Å². The summed E-state index contributed by atoms with van der Waals surface area (Å²) in [5, 5.41) is 4.16. The van der Waals surface area contributed by atoms with E-state index >= 15 is 0 Å². The lowest BCUT2D eigenvalue weighted by molar-refractivity contribution is -0.147. The van der Waals surface area contributed by atoms with Gasteiger partial charge in [0.05, 0.1) is 22.9 Å². The minimum atomic E-state index is -4.41. The number of carbonyl (C=O) groups excluding carboxylic acids is 1. The summed E-state index contributed by atoms with van der Waals surface area (Å²) in [7, 11) is 0. The molecule has 0 saturated carbocycles. The number of aromatic nitrogens is 1. The normalized spacial score (nSPS) is 14.7. The molecule has 0 aliphatic rings. The minimum Gasteiger partial charge on any atom is -0.346 e. The van der Waals surface area contributed by atoms with Gasteiger partial charge in [-0.15, -0.1) is 0 Å². The van der Waals surface area contributed by atoms with E-state index in [-0.39, 0.29) is 12.0 Å². The number of hydrogen-bond donors (Lipinski definition) is 1. The van der Waals surface area contributed by atoms with Gasteiger partial charge in [0.1, 0.15) is 0 Å². The first-order valence-corrected chi connectivity index (χ1v) is 10.8. The van der Waals surface area contributed by atoms with Gasteiger partial charge in [-0.25, -0.2) is 0 Å². The second-order valence-electron chi connectivity index (χ2n) is 7.62. The Morgan fingerprint density at radius 3 is 2.26 bits per heavy atom. The number of amides is 1. The SMILES string of the molecule is C/C=C\C(=C/CC)C[C@@](C)(CC(F)(F)F)NC(=O)c1cnc(=C(C)C)/c(=C\C)c1.CC. The van der Waals surface area contributed by atoms with E-state index in [2.05, 4.69) is 10.3 Å². The van der Waals surface area contributed by atoms with Crippen molar-refractivity contribution in [3.05, 3.63) is 52.2 Å². The van der Waals surface area contributed by atoms with Crippen molar-refractivity contribution in [2.75, 3.05) is 0 Å². The molecule has 1 rings (SSSR count). The van der Waals surface area contributed by atoms with Gasteiger partial charge < -0.3 is 5.32 Å². The van der Waals surface area contributed by atoms with Gasteiger partial charge in [0.25, 0.3) is 5.91 Å². The van der Waals surface area contributed by atoms with Crippen molar-refractivity contribution in [1.29, 1.82) is 0 Å². The Labute approximate surface area is 184 Å². The highest BCUT2D eigenvalue weighted by atomic mass is 19.4. The fourth-order valence-corrected chi connectivity index (χ4v) is 3.31. The average Bonchev–Trinajstić information content (AvgIpc) is 2.67. The maximum atomic E-state index is 13.3. The van der Waals surface area contributed by atoms with Gasteiger partial charge in [-0.3, -0.25) is 9.78 Å². The molecule has 0 aliphatic heterocycles. The molecule has 1 heterocycles. The lowest BCUT2D eigenvalue weighted by Crippen LogP contribution is -2.49. The first-order chi connectivity index (χ1) is 14.4. The van der Waals surface area contributed by atoms with Gasteiger partial charge in [-0.2, -0.15) is 13.2 Å². The van der Waals surface area contributed by atoms with Crippen molar-refractivity contribution in [3.8, 4) is 0 Å². The minimum absolute atomic E-state index is 0.0799. The highest BCUT2D eigenvalue weighted by Gasteiger charge is 2.40. The van der Waals surface area contributed by atoms with Crippen molar-refractivity contribution >= 4 is 17.6 Å². The highest BCUT2D eigenvalue weighted by molar-refractivity contribution is 5.94. The summed E-state index contributed by atoms with van der Waals surface area (Å²) in [5.74, 6) is -0.566. The molecule has 3 nitrogen and oxygen atoms in total. The zero-order chi connectivity index (χ0) is 24.2. The molecule has 0 fully saturated rings. The van der Waals surface area contributed by atoms with E-state index < -0.39 is 24.0 Å². The summed E-state index contributed by atoms with van der Waals surface area (Å²) in [6.07, 6.45) is 3.93. The van der Waals surface area contributed by atoms with Gasteiger partial charge >= 0.3 is 6.18 Å². The van der Waals surface area contributed by atoms with Gasteiger partial charge in [-0.05, 0) is 58.7 Å². The molecule has 0 bridgehead atoms. The van der Waals surface area contributed by atoms with Crippen LogP contribution in [0.15, 0.2) is 36.1 Å². The van der Waals surface area contributed by atoms with Crippen LogP contribution >= 0.6 is 0 Å². The summed E-state index contributed by atoms with van der Waals surface area (Å²) < 4.78 is 39.8. The van der Waals surface area contributed by atoms with Gasteiger partial charge in [-0.1, -0.05) is 56.2 Å². The van der Waals surface area contributed by atoms with E-state index in [0.29, 0.717) is 6.42 Å². The number of pyridine rings is 1. The zero-order valence-corrected chi connectivity index (χ0v) is 20.1. The molecule has 1 atom stereocenters. The summed E-state index contributed by atoms with van der Waals surface area (Å²) >= 11 is 0. The summed E-state index contributed by atoms with van der Waals surface area (Å²) in [6, 6.07) is 1.66. The maximum Gasteiger partial charge on any atom is 0.391 e. The van der Waals surface area contributed by atoms with Crippen LogP contribution in [0.25, 0.3) is 11.6 Å². The number of nitrogens with one attached hydrogen (secondary N) is 1. The molecule has 1 amide bonds. The largest absolute Gasteiger partial charge is 0.391 e. The van der Waals surface area contributed by atoms with E-state index in [1.165, 1.54) is 13.1 Å². The van der Waals surface area contributed by atoms with E-state index in [0.717, 1.165) is 21.7 Å². The molecule has 1 aromatic heterocycles. The van der Waals surface area contributed by atoms with Crippen molar-refractivity contribution in [2.24, 2.45) is 0 Å². The smallest absolute Gasteiger partial charge is 0.346 e. The van der Waals surface area contributed by atoms with Crippen molar-refractivity contribution in [3.63, 3.8) is 0 Å². The predicted molar refractivity (Wildman–Crippen MR) is 124 cm³/mol. The Balaban J connectivity index is 0.00000436. The first kappa shape index (κ1) is 28.6. The Morgan fingerprint density at radius 1 is 1.19 bits per heavy atom. The molecule has 0 unspecified atom stereocenters. The Hall–Kier alpha value is -2.37. The standard InChI is InChI=1S/C23H31F3N2O.C2H6/c1-7-10-17(11-8-2)13-22(6,15-23(24,25)26)28-21(29)19-12-18(9-3)20(16(4)5)27-14-19;1-2/h7,9-12,14H,8,13,15H2,1-6H3,(H,28,29);1-2H3/b10-7-,17-11+,18-9-;/t22-;/m0./s1. The molecule has 1 aromatic rings. The lowest BCUT2D eigenvalue weighted by Gasteiger charge is -2.32. The van der Waals surface area contributed by atoms with E-state index in [4.69, 9.17) is 0 Å². The topological polar surface area (TPSA) is 42.0 Å². The fraction of sp³-hybridized carbons (Fsp3) is 0.520. The molecule has 174 valence electrons. The Morgan fingerprint density at radius 2 is 1.81 bits per heavy atom. The first-order valence-electron chi connectivity index (χ1n) is 10.8. The van der Waals surface area contributed by atoms with Crippen LogP contribution in [0, 0.1) is 0 Å². The maximum absolute atomic E-state index is 13.3. The number of nitrogens with zero attached hydrogens (tertiary/aromatic N) is 1. The van der Waals surface area contributed by atoms with Gasteiger partial charge in [0.15, 0.2) is 0 Å². The second kappa shape index (κ2) is 13.1. The number of allylic oxidation sites excluding steroid dienone is 3. The van der Waals surface area contributed by atoms with Crippen LogP contribution in [0.3, 0.4) is 0 Å². The summed E-state index contributed by atoms with van der Waals surface area (Å²) in [4.78, 5) is 17.1. The third-order valence-corrected chi connectivity index (χ3v) is 4.41. The van der Waals surface area contributed by atoms with Crippen LogP contribution in [0.1, 0.15) is 85.0 Å². The van der Waals surface area contributed by atoms with E-state index in [1.54, 1.807) is 18.2 Å². The van der Waals surface area contributed by atoms with E-state index in [9.17, 15) is 18.0 Å². The zero-order valence-electron chi connectivity index (χ0n) is 20.1. The Bertz CT molecular complexity index is 894. The molecular formula is C25H37F3N2O. The second-order valence-corrected chi connectivity index (χ2v) is 7.62. The summed E-state index contributed by atoms with van der Waals surface area (Å²) in [6.45, 7) is 14.8. The highest BCUT2D eigenvalue weighted by Crippen LogP contribution is 2.32. The quantitative estimate of drug-likeness (QED) is 0.543. The predicted octanol–water partition coefficient (Wildman–Crippen LogP) is 5.84. The van der Waals surface area contributed by atoms with Crippen LogP contribution in [0.5, 0.6) is 0 Å². The van der Waals surface area contributed by atoms with Crippen LogP contribution in [0.2, 0.25) is 0 Å². The third kappa shape index (κ3) is 9.99. The average molecular weight is 439 g/mol. The molecule has 0 aliphatic carbocycles. The van der Waals surface area contributed by atoms with Gasteiger partial charge in [0.2, 0.25) is 0 Å². The molecule has 0 aromatic carbocycles. The lowest BCUT2D eigenvalue weighted by atomic mass is 9.88. The molecule has 31 heavy (non-hydrogen) atoms. The number of rotatable bonds is 7. The van der Waals surface area contributed by atoms with Crippen LogP contribution < -0.4 is 15.9 Å². The van der Waals surface area contributed by atoms with E-state index in [1.807, 2.05) is 60.6 Å². The third-order valence-electron chi connectivity index (χ3n) is 4.41. The molecule has 1 N–H and O–H groups in total. The number of alkyl halides is 3. The monoisotopic (exact) mass is 438 g/mol. The molecule has 6 heteroatoms.